The third kappa shape index (κ3) is 4.44. The van der Waals surface area contributed by atoms with E-state index in [2.05, 4.69) is 30.3 Å². The Kier molecular flexibility index (Phi) is 5.59. The van der Waals surface area contributed by atoms with Gasteiger partial charge in [-0.05, 0) is 27.1 Å². The molecule has 0 aromatic heterocycles. The van der Waals surface area contributed by atoms with Crippen LogP contribution < -0.4 is 10.1 Å². The van der Waals surface area contributed by atoms with Crippen molar-refractivity contribution in [2.75, 3.05) is 46.9 Å². The average molecular weight is 291 g/mol. The van der Waals surface area contributed by atoms with E-state index >= 15 is 0 Å². The average Bonchev–Trinajstić information content (AvgIpc) is 2.47. The minimum absolute atomic E-state index is 0.0686. The van der Waals surface area contributed by atoms with E-state index in [1.54, 1.807) is 0 Å². The van der Waals surface area contributed by atoms with Gasteiger partial charge in [-0.25, -0.2) is 0 Å². The van der Waals surface area contributed by atoms with E-state index in [1.165, 1.54) is 5.56 Å². The third-order valence-electron chi connectivity index (χ3n) is 3.79. The number of amides is 1. The number of nitrogens with zero attached hydrogens (tertiary/aromatic N) is 2. The molecule has 0 spiro atoms. The summed E-state index contributed by atoms with van der Waals surface area (Å²) in [6, 6.07) is 6.04. The van der Waals surface area contributed by atoms with Gasteiger partial charge in [0, 0.05) is 38.3 Å². The zero-order chi connectivity index (χ0) is 15.2. The summed E-state index contributed by atoms with van der Waals surface area (Å²) in [6.07, 6.45) is 0. The number of piperazine rings is 1. The Bertz CT molecular complexity index is 482. The van der Waals surface area contributed by atoms with E-state index in [1.807, 2.05) is 24.1 Å². The topological polar surface area (TPSA) is 44.8 Å². The molecule has 0 unspecified atom stereocenters. The highest BCUT2D eigenvalue weighted by Gasteiger charge is 2.19. The predicted octanol–water partition coefficient (Wildman–Crippen LogP) is 0.867. The molecule has 1 aliphatic heterocycles. The number of nitrogens with one attached hydrogen (secondary N) is 1. The molecule has 1 amide bonds. The molecule has 5 heteroatoms. The molecule has 1 aliphatic rings. The van der Waals surface area contributed by atoms with Crippen LogP contribution in [0.5, 0.6) is 5.75 Å². The molecule has 1 fully saturated rings. The number of hydrogen-bond acceptors (Lipinski definition) is 4. The molecular weight excluding hydrogens is 266 g/mol. The fourth-order valence-corrected chi connectivity index (χ4v) is 2.46. The molecule has 0 aliphatic carbocycles. The molecule has 0 saturated carbocycles. The van der Waals surface area contributed by atoms with E-state index < -0.39 is 0 Å². The van der Waals surface area contributed by atoms with Gasteiger partial charge in [0.1, 0.15) is 5.75 Å². The Morgan fingerprint density at radius 2 is 2.00 bits per heavy atom. The number of hydrogen-bond donors (Lipinski definition) is 1. The van der Waals surface area contributed by atoms with Crippen LogP contribution in [0, 0.1) is 6.92 Å². The van der Waals surface area contributed by atoms with E-state index in [0.29, 0.717) is 0 Å². The van der Waals surface area contributed by atoms with Crippen molar-refractivity contribution in [3.8, 4) is 5.75 Å². The Labute approximate surface area is 126 Å². The second kappa shape index (κ2) is 7.43. The predicted molar refractivity (Wildman–Crippen MR) is 83.5 cm³/mol. The van der Waals surface area contributed by atoms with Crippen LogP contribution in [-0.4, -0.2) is 62.6 Å². The van der Waals surface area contributed by atoms with Crippen LogP contribution in [0.25, 0.3) is 0 Å². The summed E-state index contributed by atoms with van der Waals surface area (Å²) < 4.78 is 5.74. The van der Waals surface area contributed by atoms with Crippen LogP contribution in [0.15, 0.2) is 18.2 Å². The fraction of sp³-hybridized carbons (Fsp3) is 0.562. The molecule has 0 radical (unpaired) electrons. The molecule has 116 valence electrons. The Morgan fingerprint density at radius 1 is 1.29 bits per heavy atom. The highest BCUT2D eigenvalue weighted by atomic mass is 16.5. The summed E-state index contributed by atoms with van der Waals surface area (Å²) in [6.45, 7) is 6.34. The van der Waals surface area contributed by atoms with E-state index in [0.717, 1.165) is 44.0 Å². The van der Waals surface area contributed by atoms with Crippen LogP contribution in [0.1, 0.15) is 11.1 Å². The smallest absolute Gasteiger partial charge is 0.260 e. The Morgan fingerprint density at radius 3 is 2.67 bits per heavy atom. The van der Waals surface area contributed by atoms with Gasteiger partial charge in [-0.1, -0.05) is 17.7 Å². The van der Waals surface area contributed by atoms with Crippen molar-refractivity contribution in [3.63, 3.8) is 0 Å². The minimum Gasteiger partial charge on any atom is -0.483 e. The number of ether oxygens (including phenoxy) is 1. The molecule has 1 aromatic carbocycles. The molecule has 0 bridgehead atoms. The van der Waals surface area contributed by atoms with Crippen LogP contribution in [-0.2, 0) is 11.3 Å². The monoisotopic (exact) mass is 291 g/mol. The maximum absolute atomic E-state index is 12.2. The molecule has 21 heavy (non-hydrogen) atoms. The van der Waals surface area contributed by atoms with Crippen molar-refractivity contribution in [1.29, 1.82) is 0 Å². The lowest BCUT2D eigenvalue weighted by molar-refractivity contribution is -0.134. The number of rotatable bonds is 5. The van der Waals surface area contributed by atoms with Crippen LogP contribution in [0.3, 0.4) is 0 Å². The first-order chi connectivity index (χ1) is 10.1. The number of aryl methyl sites for hydroxylation is 1. The van der Waals surface area contributed by atoms with E-state index in [-0.39, 0.29) is 12.5 Å². The zero-order valence-corrected chi connectivity index (χ0v) is 13.2. The van der Waals surface area contributed by atoms with Crippen molar-refractivity contribution in [3.05, 3.63) is 29.3 Å². The maximum atomic E-state index is 12.2. The molecule has 5 nitrogen and oxygen atoms in total. The molecule has 2 rings (SSSR count). The lowest BCUT2D eigenvalue weighted by Crippen LogP contribution is -2.48. The maximum Gasteiger partial charge on any atom is 0.260 e. The molecule has 1 saturated heterocycles. The van der Waals surface area contributed by atoms with Crippen molar-refractivity contribution < 1.29 is 9.53 Å². The standard InChI is InChI=1S/C16H25N3O2/c1-13-4-5-15(14(10-13)11-17-2)21-12-16(20)19-8-6-18(3)7-9-19/h4-5,10,17H,6-9,11-12H2,1-3H3. The number of carbonyl (C=O) groups excluding carboxylic acids is 1. The van der Waals surface area contributed by atoms with Gasteiger partial charge >= 0.3 is 0 Å². The van der Waals surface area contributed by atoms with Gasteiger partial charge in [0.2, 0.25) is 0 Å². The minimum atomic E-state index is 0.0686. The second-order valence-corrected chi connectivity index (χ2v) is 5.61. The van der Waals surface area contributed by atoms with Gasteiger partial charge in [0.25, 0.3) is 5.91 Å². The van der Waals surface area contributed by atoms with Gasteiger partial charge in [-0.15, -0.1) is 0 Å². The summed E-state index contributed by atoms with van der Waals surface area (Å²) in [5.41, 5.74) is 2.28. The summed E-state index contributed by atoms with van der Waals surface area (Å²) >= 11 is 0. The Hall–Kier alpha value is -1.59. The van der Waals surface area contributed by atoms with Gasteiger partial charge in [-0.3, -0.25) is 4.79 Å². The van der Waals surface area contributed by atoms with Gasteiger partial charge in [0.05, 0.1) is 0 Å². The second-order valence-electron chi connectivity index (χ2n) is 5.61. The van der Waals surface area contributed by atoms with Crippen LogP contribution in [0.2, 0.25) is 0 Å². The lowest BCUT2D eigenvalue weighted by Gasteiger charge is -2.32. The molecule has 1 N–H and O–H groups in total. The Balaban J connectivity index is 1.91. The largest absolute Gasteiger partial charge is 0.483 e. The van der Waals surface area contributed by atoms with Crippen molar-refractivity contribution >= 4 is 5.91 Å². The van der Waals surface area contributed by atoms with Gasteiger partial charge in [0.15, 0.2) is 6.61 Å². The van der Waals surface area contributed by atoms with Crippen molar-refractivity contribution in [1.82, 2.24) is 15.1 Å². The fourth-order valence-electron chi connectivity index (χ4n) is 2.46. The van der Waals surface area contributed by atoms with E-state index in [4.69, 9.17) is 4.74 Å². The number of likely N-dealkylation sites (N-methyl/N-ethyl adjacent to an activating group) is 1. The van der Waals surface area contributed by atoms with Crippen molar-refractivity contribution in [2.24, 2.45) is 0 Å². The number of carbonyl (C=O) groups is 1. The molecule has 0 atom stereocenters. The zero-order valence-electron chi connectivity index (χ0n) is 13.2. The normalized spacial score (nSPS) is 16.0. The highest BCUT2D eigenvalue weighted by molar-refractivity contribution is 5.78. The molecule has 1 aromatic rings. The SMILES string of the molecule is CNCc1cc(C)ccc1OCC(=O)N1CCN(C)CC1. The first-order valence-corrected chi connectivity index (χ1v) is 7.43. The highest BCUT2D eigenvalue weighted by Crippen LogP contribution is 2.20. The van der Waals surface area contributed by atoms with Crippen LogP contribution >= 0.6 is 0 Å². The summed E-state index contributed by atoms with van der Waals surface area (Å²) in [4.78, 5) is 16.3. The first kappa shape index (κ1) is 15.8. The molecular formula is C16H25N3O2. The first-order valence-electron chi connectivity index (χ1n) is 7.43. The summed E-state index contributed by atoms with van der Waals surface area (Å²) in [7, 11) is 3.98. The number of benzene rings is 1. The van der Waals surface area contributed by atoms with Gasteiger partial charge < -0.3 is 19.9 Å². The molecule has 1 heterocycles. The summed E-state index contributed by atoms with van der Waals surface area (Å²) in [5, 5.41) is 3.13. The quantitative estimate of drug-likeness (QED) is 0.874. The van der Waals surface area contributed by atoms with Gasteiger partial charge in [-0.2, -0.15) is 0 Å². The van der Waals surface area contributed by atoms with E-state index in [9.17, 15) is 4.79 Å². The third-order valence-corrected chi connectivity index (χ3v) is 3.79. The van der Waals surface area contributed by atoms with Crippen molar-refractivity contribution in [2.45, 2.75) is 13.5 Å². The van der Waals surface area contributed by atoms with Crippen LogP contribution in [0.4, 0.5) is 0 Å². The summed E-state index contributed by atoms with van der Waals surface area (Å²) in [5.74, 6) is 0.858. The lowest BCUT2D eigenvalue weighted by atomic mass is 10.1.